The Kier molecular flexibility index (Phi) is 7.69. The first-order valence-electron chi connectivity index (χ1n) is 7.52. The topological polar surface area (TPSA) is 72.0 Å². The highest BCUT2D eigenvalue weighted by atomic mass is 16.5. The van der Waals surface area contributed by atoms with Gasteiger partial charge in [0.15, 0.2) is 0 Å². The number of ether oxygens (including phenoxy) is 1. The summed E-state index contributed by atoms with van der Waals surface area (Å²) in [6.07, 6.45) is 3.03. The summed E-state index contributed by atoms with van der Waals surface area (Å²) < 4.78 is 5.50. The number of hydrogen-bond acceptors (Lipinski definition) is 6. The molecule has 114 valence electrons. The Bertz CT molecular complexity index is 358. The van der Waals surface area contributed by atoms with Crippen molar-refractivity contribution < 1.29 is 4.74 Å². The minimum absolute atomic E-state index is 0.382. The SMILES string of the molecule is CCCNc1nc(NCCC(C)C)nc(OCCC)n1. The predicted molar refractivity (Wildman–Crippen MR) is 82.3 cm³/mol. The van der Waals surface area contributed by atoms with E-state index >= 15 is 0 Å². The summed E-state index contributed by atoms with van der Waals surface area (Å²) in [6.45, 7) is 10.8. The minimum Gasteiger partial charge on any atom is -0.463 e. The fourth-order valence-corrected chi connectivity index (χ4v) is 1.48. The molecule has 0 aliphatic carbocycles. The molecule has 0 spiro atoms. The van der Waals surface area contributed by atoms with E-state index in [1.54, 1.807) is 0 Å². The molecule has 0 amide bonds. The van der Waals surface area contributed by atoms with Crippen molar-refractivity contribution in [2.75, 3.05) is 30.3 Å². The van der Waals surface area contributed by atoms with E-state index in [4.69, 9.17) is 4.74 Å². The highest BCUT2D eigenvalue weighted by Crippen LogP contribution is 2.12. The lowest BCUT2D eigenvalue weighted by Gasteiger charge is -2.10. The Morgan fingerprint density at radius 3 is 2.15 bits per heavy atom. The summed E-state index contributed by atoms with van der Waals surface area (Å²) >= 11 is 0. The molecule has 0 unspecified atom stereocenters. The van der Waals surface area contributed by atoms with Gasteiger partial charge in [-0.2, -0.15) is 15.0 Å². The molecule has 0 aliphatic rings. The standard InChI is InChI=1S/C14H27N5O/c1-5-8-15-12-17-13(16-9-7-11(3)4)19-14(18-12)20-10-6-2/h11H,5-10H2,1-4H3,(H2,15,16,17,18,19). The zero-order valence-electron chi connectivity index (χ0n) is 13.1. The molecule has 1 rings (SSSR count). The van der Waals surface area contributed by atoms with E-state index in [9.17, 15) is 0 Å². The number of nitrogens with zero attached hydrogens (tertiary/aromatic N) is 3. The van der Waals surface area contributed by atoms with Crippen LogP contribution in [0.1, 0.15) is 47.0 Å². The molecule has 0 bridgehead atoms. The Morgan fingerprint density at radius 2 is 1.60 bits per heavy atom. The van der Waals surface area contributed by atoms with E-state index in [1.165, 1.54) is 0 Å². The number of rotatable bonds is 10. The molecule has 0 fully saturated rings. The summed E-state index contributed by atoms with van der Waals surface area (Å²) in [5.74, 6) is 1.79. The maximum Gasteiger partial charge on any atom is 0.323 e. The molecule has 20 heavy (non-hydrogen) atoms. The van der Waals surface area contributed by atoms with E-state index < -0.39 is 0 Å². The van der Waals surface area contributed by atoms with Gasteiger partial charge in [0.2, 0.25) is 11.9 Å². The van der Waals surface area contributed by atoms with Crippen LogP contribution in [-0.2, 0) is 0 Å². The van der Waals surface area contributed by atoms with Crippen molar-refractivity contribution >= 4 is 11.9 Å². The van der Waals surface area contributed by atoms with Crippen LogP contribution in [0, 0.1) is 5.92 Å². The van der Waals surface area contributed by atoms with Gasteiger partial charge in [0.1, 0.15) is 0 Å². The van der Waals surface area contributed by atoms with Crippen molar-refractivity contribution in [2.24, 2.45) is 5.92 Å². The number of anilines is 2. The third-order valence-electron chi connectivity index (χ3n) is 2.59. The Balaban J connectivity index is 2.68. The monoisotopic (exact) mass is 281 g/mol. The van der Waals surface area contributed by atoms with Gasteiger partial charge in [0.25, 0.3) is 0 Å². The summed E-state index contributed by atoms with van der Waals surface area (Å²) in [6, 6.07) is 0.382. The van der Waals surface area contributed by atoms with Gasteiger partial charge in [-0.3, -0.25) is 0 Å². The van der Waals surface area contributed by atoms with E-state index in [0.29, 0.717) is 30.4 Å². The molecule has 2 N–H and O–H groups in total. The zero-order valence-corrected chi connectivity index (χ0v) is 13.1. The first kappa shape index (κ1) is 16.5. The second kappa shape index (κ2) is 9.34. The Morgan fingerprint density at radius 1 is 0.950 bits per heavy atom. The van der Waals surface area contributed by atoms with Crippen molar-refractivity contribution in [2.45, 2.75) is 47.0 Å². The van der Waals surface area contributed by atoms with E-state index in [-0.39, 0.29) is 0 Å². The molecule has 1 aromatic rings. The van der Waals surface area contributed by atoms with Gasteiger partial charge >= 0.3 is 6.01 Å². The fraction of sp³-hybridized carbons (Fsp3) is 0.786. The smallest absolute Gasteiger partial charge is 0.323 e. The summed E-state index contributed by atoms with van der Waals surface area (Å²) in [5, 5.41) is 6.40. The van der Waals surface area contributed by atoms with E-state index in [0.717, 1.165) is 32.4 Å². The first-order chi connectivity index (χ1) is 9.65. The fourth-order valence-electron chi connectivity index (χ4n) is 1.48. The van der Waals surface area contributed by atoms with Crippen LogP contribution in [0.15, 0.2) is 0 Å². The Hall–Kier alpha value is -1.59. The van der Waals surface area contributed by atoms with Gasteiger partial charge in [0, 0.05) is 13.1 Å². The molecule has 1 heterocycles. The molecule has 6 heteroatoms. The van der Waals surface area contributed by atoms with Gasteiger partial charge in [-0.15, -0.1) is 0 Å². The van der Waals surface area contributed by atoms with Gasteiger partial charge in [-0.05, 0) is 25.2 Å². The lowest BCUT2D eigenvalue weighted by molar-refractivity contribution is 0.292. The van der Waals surface area contributed by atoms with Crippen LogP contribution >= 0.6 is 0 Å². The van der Waals surface area contributed by atoms with Crippen LogP contribution in [0.5, 0.6) is 6.01 Å². The molecule has 1 aromatic heterocycles. The summed E-state index contributed by atoms with van der Waals surface area (Å²) in [4.78, 5) is 12.9. The van der Waals surface area contributed by atoms with Crippen LogP contribution in [0.4, 0.5) is 11.9 Å². The number of aromatic nitrogens is 3. The third kappa shape index (κ3) is 6.54. The van der Waals surface area contributed by atoms with E-state index in [2.05, 4.69) is 53.3 Å². The highest BCUT2D eigenvalue weighted by Gasteiger charge is 2.07. The maximum absolute atomic E-state index is 5.50. The normalized spacial score (nSPS) is 10.7. The second-order valence-corrected chi connectivity index (χ2v) is 5.15. The number of nitrogens with one attached hydrogen (secondary N) is 2. The third-order valence-corrected chi connectivity index (χ3v) is 2.59. The van der Waals surface area contributed by atoms with Crippen molar-refractivity contribution in [1.29, 1.82) is 0 Å². The van der Waals surface area contributed by atoms with E-state index in [1.807, 2.05) is 0 Å². The number of hydrogen-bond donors (Lipinski definition) is 2. The average molecular weight is 281 g/mol. The molecule has 0 radical (unpaired) electrons. The zero-order chi connectivity index (χ0) is 14.8. The molecule has 0 atom stereocenters. The lowest BCUT2D eigenvalue weighted by atomic mass is 10.1. The molecule has 0 aliphatic heterocycles. The lowest BCUT2D eigenvalue weighted by Crippen LogP contribution is -2.13. The van der Waals surface area contributed by atoms with Crippen molar-refractivity contribution in [3.63, 3.8) is 0 Å². The molecular formula is C14H27N5O. The van der Waals surface area contributed by atoms with Crippen molar-refractivity contribution in [3.05, 3.63) is 0 Å². The van der Waals surface area contributed by atoms with Gasteiger partial charge in [-0.1, -0.05) is 27.7 Å². The first-order valence-corrected chi connectivity index (χ1v) is 7.52. The predicted octanol–water partition coefficient (Wildman–Crippen LogP) is 2.94. The Labute approximate surface area is 121 Å². The van der Waals surface area contributed by atoms with Crippen LogP contribution in [-0.4, -0.2) is 34.6 Å². The van der Waals surface area contributed by atoms with Gasteiger partial charge in [0.05, 0.1) is 6.61 Å². The van der Waals surface area contributed by atoms with Crippen LogP contribution in [0.3, 0.4) is 0 Å². The van der Waals surface area contributed by atoms with Gasteiger partial charge < -0.3 is 15.4 Å². The molecular weight excluding hydrogens is 254 g/mol. The second-order valence-electron chi connectivity index (χ2n) is 5.15. The van der Waals surface area contributed by atoms with Crippen molar-refractivity contribution in [3.8, 4) is 6.01 Å². The quantitative estimate of drug-likeness (QED) is 0.687. The average Bonchev–Trinajstić information content (AvgIpc) is 2.42. The van der Waals surface area contributed by atoms with Crippen LogP contribution in [0.2, 0.25) is 0 Å². The molecule has 0 aromatic carbocycles. The molecule has 0 saturated heterocycles. The van der Waals surface area contributed by atoms with Crippen LogP contribution in [0.25, 0.3) is 0 Å². The minimum atomic E-state index is 0.382. The molecule has 0 saturated carbocycles. The summed E-state index contributed by atoms with van der Waals surface area (Å²) in [5.41, 5.74) is 0. The molecule has 6 nitrogen and oxygen atoms in total. The summed E-state index contributed by atoms with van der Waals surface area (Å²) in [7, 11) is 0. The van der Waals surface area contributed by atoms with Crippen molar-refractivity contribution in [1.82, 2.24) is 15.0 Å². The van der Waals surface area contributed by atoms with Crippen LogP contribution < -0.4 is 15.4 Å². The van der Waals surface area contributed by atoms with Gasteiger partial charge in [-0.25, -0.2) is 0 Å². The highest BCUT2D eigenvalue weighted by molar-refractivity contribution is 5.35. The maximum atomic E-state index is 5.50. The largest absolute Gasteiger partial charge is 0.463 e.